The standard InChI is InChI=1S/C7H8N6/c8-4-2-1-3-5(12-4)6(9)13-7(10)11-3/h1-2H,(H2,8,12)(H4,9,10,11,13). The molecule has 0 fully saturated rings. The Kier molecular flexibility index (Phi) is 1.42. The first-order chi connectivity index (χ1) is 6.16. The summed E-state index contributed by atoms with van der Waals surface area (Å²) < 4.78 is 0. The van der Waals surface area contributed by atoms with Crippen LogP contribution >= 0.6 is 0 Å². The van der Waals surface area contributed by atoms with Crippen LogP contribution in [0.5, 0.6) is 0 Å². The Balaban J connectivity index is 2.87. The van der Waals surface area contributed by atoms with Gasteiger partial charge in [-0.25, -0.2) is 9.97 Å². The number of fused-ring (bicyclic) bond motifs is 1. The molecule has 13 heavy (non-hydrogen) atoms. The Bertz CT molecular complexity index is 466. The van der Waals surface area contributed by atoms with Crippen LogP contribution in [-0.4, -0.2) is 15.0 Å². The summed E-state index contributed by atoms with van der Waals surface area (Å²) in [6.45, 7) is 0. The fourth-order valence-corrected chi connectivity index (χ4v) is 1.07. The number of hydrogen-bond donors (Lipinski definition) is 3. The number of nitrogen functional groups attached to an aromatic ring is 3. The molecule has 6 N–H and O–H groups in total. The first-order valence-corrected chi connectivity index (χ1v) is 3.62. The molecule has 2 aromatic rings. The number of nitrogens with two attached hydrogens (primary N) is 3. The summed E-state index contributed by atoms with van der Waals surface area (Å²) in [5, 5.41) is 0. The highest BCUT2D eigenvalue weighted by Gasteiger charge is 2.03. The predicted octanol–water partition coefficient (Wildman–Crippen LogP) is -0.229. The second-order valence-corrected chi connectivity index (χ2v) is 2.57. The van der Waals surface area contributed by atoms with Gasteiger partial charge in [-0.15, -0.1) is 0 Å². The van der Waals surface area contributed by atoms with Crippen LogP contribution in [0.4, 0.5) is 17.6 Å². The molecule has 0 spiro atoms. The van der Waals surface area contributed by atoms with Gasteiger partial charge in [-0.1, -0.05) is 0 Å². The third-order valence-corrected chi connectivity index (χ3v) is 1.61. The van der Waals surface area contributed by atoms with E-state index in [9.17, 15) is 0 Å². The first-order valence-electron chi connectivity index (χ1n) is 3.62. The van der Waals surface area contributed by atoms with Crippen molar-refractivity contribution in [3.05, 3.63) is 12.1 Å². The van der Waals surface area contributed by atoms with E-state index in [4.69, 9.17) is 17.2 Å². The summed E-state index contributed by atoms with van der Waals surface area (Å²) in [7, 11) is 0. The van der Waals surface area contributed by atoms with Gasteiger partial charge in [-0.05, 0) is 12.1 Å². The monoisotopic (exact) mass is 176 g/mol. The van der Waals surface area contributed by atoms with Crippen molar-refractivity contribution < 1.29 is 0 Å². The van der Waals surface area contributed by atoms with Crippen LogP contribution in [-0.2, 0) is 0 Å². The zero-order valence-electron chi connectivity index (χ0n) is 6.73. The van der Waals surface area contributed by atoms with Gasteiger partial charge in [0.15, 0.2) is 5.82 Å². The van der Waals surface area contributed by atoms with Crippen LogP contribution in [0.1, 0.15) is 0 Å². The second-order valence-electron chi connectivity index (χ2n) is 2.57. The van der Waals surface area contributed by atoms with E-state index in [2.05, 4.69) is 15.0 Å². The Morgan fingerprint density at radius 2 is 1.69 bits per heavy atom. The fraction of sp³-hybridized carbons (Fsp3) is 0. The summed E-state index contributed by atoms with van der Waals surface area (Å²) in [6.07, 6.45) is 0. The Hall–Kier alpha value is -2.11. The highest BCUT2D eigenvalue weighted by Crippen LogP contribution is 2.16. The molecule has 6 heteroatoms. The molecule has 2 heterocycles. The average molecular weight is 176 g/mol. The molecule has 0 aliphatic carbocycles. The summed E-state index contributed by atoms with van der Waals surface area (Å²) in [5.41, 5.74) is 17.5. The molecule has 0 aliphatic heterocycles. The van der Waals surface area contributed by atoms with Crippen molar-refractivity contribution in [3.8, 4) is 0 Å². The number of hydrogen-bond acceptors (Lipinski definition) is 6. The van der Waals surface area contributed by atoms with Crippen molar-refractivity contribution >= 4 is 28.6 Å². The fourth-order valence-electron chi connectivity index (χ4n) is 1.07. The maximum absolute atomic E-state index is 5.58. The Labute approximate surface area is 73.8 Å². The summed E-state index contributed by atoms with van der Waals surface area (Å²) >= 11 is 0. The molecule has 0 atom stereocenters. The van der Waals surface area contributed by atoms with E-state index in [1.165, 1.54) is 0 Å². The summed E-state index contributed by atoms with van der Waals surface area (Å²) in [5.74, 6) is 0.763. The van der Waals surface area contributed by atoms with Crippen LogP contribution in [0.2, 0.25) is 0 Å². The van der Waals surface area contributed by atoms with E-state index < -0.39 is 0 Å². The zero-order valence-corrected chi connectivity index (χ0v) is 6.73. The lowest BCUT2D eigenvalue weighted by Crippen LogP contribution is -2.02. The number of rotatable bonds is 0. The van der Waals surface area contributed by atoms with Crippen LogP contribution in [0.25, 0.3) is 11.0 Å². The maximum Gasteiger partial charge on any atom is 0.222 e. The van der Waals surface area contributed by atoms with Crippen LogP contribution in [0.3, 0.4) is 0 Å². The molecule has 0 saturated carbocycles. The molecule has 0 bridgehead atoms. The molecular formula is C7H8N6. The first kappa shape index (κ1) is 7.53. The maximum atomic E-state index is 5.58. The van der Waals surface area contributed by atoms with E-state index in [1.807, 2.05) is 0 Å². The highest BCUT2D eigenvalue weighted by molar-refractivity contribution is 5.85. The van der Waals surface area contributed by atoms with Crippen molar-refractivity contribution in [2.24, 2.45) is 0 Å². The molecule has 0 amide bonds. The van der Waals surface area contributed by atoms with Gasteiger partial charge in [0.2, 0.25) is 5.95 Å². The van der Waals surface area contributed by atoms with Crippen LogP contribution < -0.4 is 17.2 Å². The van der Waals surface area contributed by atoms with Crippen molar-refractivity contribution in [1.29, 1.82) is 0 Å². The summed E-state index contributed by atoms with van der Waals surface area (Å²) in [6, 6.07) is 3.33. The number of nitrogens with zero attached hydrogens (tertiary/aromatic N) is 3. The third-order valence-electron chi connectivity index (χ3n) is 1.61. The molecule has 6 nitrogen and oxygen atoms in total. The van der Waals surface area contributed by atoms with Crippen LogP contribution in [0, 0.1) is 0 Å². The minimum atomic E-state index is 0.136. The van der Waals surface area contributed by atoms with E-state index in [0.29, 0.717) is 16.9 Å². The lowest BCUT2D eigenvalue weighted by atomic mass is 10.3. The van der Waals surface area contributed by atoms with Gasteiger partial charge in [-0.3, -0.25) is 0 Å². The molecule has 66 valence electrons. The van der Waals surface area contributed by atoms with Gasteiger partial charge in [-0.2, -0.15) is 4.98 Å². The zero-order chi connectivity index (χ0) is 9.42. The molecule has 2 aromatic heterocycles. The molecule has 0 radical (unpaired) electrons. The minimum absolute atomic E-state index is 0.136. The smallest absolute Gasteiger partial charge is 0.222 e. The Morgan fingerprint density at radius 1 is 0.923 bits per heavy atom. The molecule has 0 aromatic carbocycles. The number of pyridine rings is 1. The number of anilines is 3. The van der Waals surface area contributed by atoms with Gasteiger partial charge in [0.05, 0.1) is 5.52 Å². The highest BCUT2D eigenvalue weighted by atomic mass is 15.1. The van der Waals surface area contributed by atoms with Crippen molar-refractivity contribution in [3.63, 3.8) is 0 Å². The molecular weight excluding hydrogens is 168 g/mol. The molecule has 0 saturated heterocycles. The normalized spacial score (nSPS) is 10.5. The third kappa shape index (κ3) is 1.18. The topological polar surface area (TPSA) is 117 Å². The number of aromatic nitrogens is 3. The van der Waals surface area contributed by atoms with Gasteiger partial charge >= 0.3 is 0 Å². The molecule has 0 unspecified atom stereocenters. The van der Waals surface area contributed by atoms with E-state index in [0.717, 1.165) is 0 Å². The van der Waals surface area contributed by atoms with Gasteiger partial charge in [0, 0.05) is 0 Å². The van der Waals surface area contributed by atoms with Crippen molar-refractivity contribution in [2.45, 2.75) is 0 Å². The van der Waals surface area contributed by atoms with E-state index >= 15 is 0 Å². The predicted molar refractivity (Wildman–Crippen MR) is 50.6 cm³/mol. The van der Waals surface area contributed by atoms with Crippen LogP contribution in [0.15, 0.2) is 12.1 Å². The molecule has 0 aliphatic rings. The molecule has 2 rings (SSSR count). The van der Waals surface area contributed by atoms with E-state index in [-0.39, 0.29) is 11.8 Å². The van der Waals surface area contributed by atoms with E-state index in [1.54, 1.807) is 12.1 Å². The van der Waals surface area contributed by atoms with Gasteiger partial charge in [0.1, 0.15) is 11.3 Å². The van der Waals surface area contributed by atoms with Crippen molar-refractivity contribution in [2.75, 3.05) is 17.2 Å². The minimum Gasteiger partial charge on any atom is -0.384 e. The van der Waals surface area contributed by atoms with Crippen molar-refractivity contribution in [1.82, 2.24) is 15.0 Å². The Morgan fingerprint density at radius 3 is 2.46 bits per heavy atom. The summed E-state index contributed by atoms with van der Waals surface area (Å²) in [4.78, 5) is 11.7. The SMILES string of the molecule is Nc1ccc2nc(N)nc(N)c2n1. The van der Waals surface area contributed by atoms with Gasteiger partial charge in [0.25, 0.3) is 0 Å². The largest absolute Gasteiger partial charge is 0.384 e. The lowest BCUT2D eigenvalue weighted by Gasteiger charge is -2.01. The van der Waals surface area contributed by atoms with Gasteiger partial charge < -0.3 is 17.2 Å². The quantitative estimate of drug-likeness (QED) is 0.510. The average Bonchev–Trinajstić information content (AvgIpc) is 2.06. The second kappa shape index (κ2) is 2.44. The lowest BCUT2D eigenvalue weighted by molar-refractivity contribution is 1.22.